The van der Waals surface area contributed by atoms with Crippen LogP contribution in [0.3, 0.4) is 0 Å². The van der Waals surface area contributed by atoms with Gasteiger partial charge in [-0.25, -0.2) is 0 Å². The molecule has 2 aromatic rings. The number of carbonyl (C=O) groups is 1. The van der Waals surface area contributed by atoms with Crippen molar-refractivity contribution >= 4 is 131 Å². The number of hydrogen-bond acceptors (Lipinski definition) is 10. The van der Waals surface area contributed by atoms with E-state index in [1.54, 1.807) is 44.2 Å². The third-order valence-electron chi connectivity index (χ3n) is 11.6. The van der Waals surface area contributed by atoms with Crippen LogP contribution in [0.25, 0.3) is 0 Å². The van der Waals surface area contributed by atoms with Crippen LogP contribution in [-0.4, -0.2) is 96.7 Å². The largest absolute Gasteiger partial charge is 0.481 e. The van der Waals surface area contributed by atoms with E-state index in [0.29, 0.717) is 36.9 Å². The molecule has 3 atom stereocenters. The van der Waals surface area contributed by atoms with Crippen molar-refractivity contribution in [2.24, 2.45) is 0 Å². The van der Waals surface area contributed by atoms with Crippen LogP contribution in [0.1, 0.15) is 103 Å². The SMILES string of the molecule is CCCC(N1\C(=C/C=C/C=C/C=C/C2=[N+](CCCS(=O)(=O)O)c3cc(I)c(I)c(I)c3C2(C)CCCCCC(=O)O)C(C)(CCCCS(=O)(=O)O)c2cc(S(=O)(=O)O)ccc21)S(=O)(=O)O. The molecule has 0 fully saturated rings. The van der Waals surface area contributed by atoms with Crippen molar-refractivity contribution in [3.8, 4) is 0 Å². The van der Waals surface area contributed by atoms with Gasteiger partial charge in [-0.1, -0.05) is 63.0 Å². The van der Waals surface area contributed by atoms with E-state index in [0.717, 1.165) is 40.2 Å². The number of allylic oxidation sites excluding steroid dienone is 8. The van der Waals surface area contributed by atoms with E-state index in [2.05, 4.69) is 85.3 Å². The molecule has 0 saturated heterocycles. The highest BCUT2D eigenvalue weighted by molar-refractivity contribution is 14.1. The fourth-order valence-electron chi connectivity index (χ4n) is 8.59. The number of aliphatic carboxylic acids is 1. The van der Waals surface area contributed by atoms with Crippen molar-refractivity contribution in [2.75, 3.05) is 23.0 Å². The highest BCUT2D eigenvalue weighted by atomic mass is 127. The van der Waals surface area contributed by atoms with Gasteiger partial charge in [-0.3, -0.25) is 23.0 Å². The first kappa shape index (κ1) is 55.8. The number of carboxylic acids is 1. The minimum absolute atomic E-state index is 0.0168. The summed E-state index contributed by atoms with van der Waals surface area (Å²) in [6.45, 7) is 5.87. The summed E-state index contributed by atoms with van der Waals surface area (Å²) in [6, 6.07) is 5.78. The Labute approximate surface area is 423 Å². The summed E-state index contributed by atoms with van der Waals surface area (Å²) in [5, 5.41) is 7.71. The third-order valence-corrected chi connectivity index (χ3v) is 20.3. The maximum atomic E-state index is 13.0. The van der Waals surface area contributed by atoms with Crippen LogP contribution in [-0.2, 0) is 56.1 Å². The third kappa shape index (κ3) is 14.4. The lowest BCUT2D eigenvalue weighted by molar-refractivity contribution is -0.437. The first-order chi connectivity index (χ1) is 30.1. The van der Waals surface area contributed by atoms with Crippen molar-refractivity contribution in [3.63, 3.8) is 0 Å². The molecule has 65 heavy (non-hydrogen) atoms. The summed E-state index contributed by atoms with van der Waals surface area (Å²) < 4.78 is 142. The molecule has 0 amide bonds. The van der Waals surface area contributed by atoms with Crippen LogP contribution in [0.4, 0.5) is 11.4 Å². The van der Waals surface area contributed by atoms with Crippen LogP contribution < -0.4 is 4.90 Å². The molecule has 2 aliphatic rings. The van der Waals surface area contributed by atoms with E-state index in [9.17, 15) is 61.8 Å². The van der Waals surface area contributed by atoms with Gasteiger partial charge in [0.1, 0.15) is 6.54 Å². The molecule has 0 aliphatic carbocycles. The number of anilines is 1. The number of carboxylic acid groups (broad SMARTS) is 1. The van der Waals surface area contributed by atoms with E-state index in [-0.39, 0.29) is 50.8 Å². The highest BCUT2D eigenvalue weighted by Crippen LogP contribution is 2.53. The summed E-state index contributed by atoms with van der Waals surface area (Å²) in [6.07, 6.45) is 15.7. The van der Waals surface area contributed by atoms with Gasteiger partial charge in [0.2, 0.25) is 5.69 Å². The molecule has 0 saturated carbocycles. The Bertz CT molecular complexity index is 2760. The normalized spacial score (nSPS) is 20.5. The lowest BCUT2D eigenvalue weighted by Crippen LogP contribution is -2.41. The molecule has 2 aliphatic heterocycles. The van der Waals surface area contributed by atoms with Gasteiger partial charge >= 0.3 is 5.97 Å². The van der Waals surface area contributed by atoms with Crippen molar-refractivity contribution in [1.29, 1.82) is 0 Å². The molecule has 0 radical (unpaired) electrons. The monoisotopic (exact) mass is 1320 g/mol. The fraction of sp³-hybridized carbons (Fsp3) is 0.476. The van der Waals surface area contributed by atoms with Crippen LogP contribution >= 0.6 is 67.8 Å². The standard InChI is InChI=1S/C42H53I3N2O14S4/c1-4-16-36(65(59,60)61)47-32-21-20-29(64(56,57)58)27-30(32)41(2,22-13-14-25-62(50,51)52)35(47)18-10-7-5-6-9-17-34-42(3,23-12-8-11-19-37(48)49)38-33(28-31(43)39(44)40(38)45)46(34)24-15-26-63(53,54)55/h5-7,9-10,17-18,20-21,27-28,36H,4,8,11-16,19,22-26H2,1-3H3,(H4-,48,49,50,51,52,53,54,55,56,57,58,59,60,61)/p+1. The molecular weight excluding hydrogens is 1270 g/mol. The molecular formula is C42H54I3N2O14S4+. The smallest absolute Gasteiger partial charge is 0.303 e. The van der Waals surface area contributed by atoms with Gasteiger partial charge < -0.3 is 10.0 Å². The summed E-state index contributed by atoms with van der Waals surface area (Å²) in [5.74, 6) is -1.83. The number of rotatable bonds is 24. The molecule has 3 unspecified atom stereocenters. The Kier molecular flexibility index (Phi) is 19.5. The molecule has 2 heterocycles. The zero-order valence-electron chi connectivity index (χ0n) is 35.9. The number of hydrogen-bond donors (Lipinski definition) is 5. The van der Waals surface area contributed by atoms with Crippen molar-refractivity contribution in [2.45, 2.75) is 112 Å². The van der Waals surface area contributed by atoms with Gasteiger partial charge in [-0.15, -0.1) is 0 Å². The first-order valence-electron chi connectivity index (χ1n) is 20.6. The highest BCUT2D eigenvalue weighted by Gasteiger charge is 2.50. The van der Waals surface area contributed by atoms with Crippen molar-refractivity contribution < 1.29 is 66.4 Å². The Hall–Kier alpha value is -1.83. The number of fused-ring (bicyclic) bond motifs is 2. The summed E-state index contributed by atoms with van der Waals surface area (Å²) in [5.41, 5.74) is 2.06. The maximum absolute atomic E-state index is 13.0. The molecule has 0 aromatic heterocycles. The van der Waals surface area contributed by atoms with Gasteiger partial charge in [0.25, 0.3) is 40.5 Å². The summed E-state index contributed by atoms with van der Waals surface area (Å²) >= 11 is 6.92. The summed E-state index contributed by atoms with van der Waals surface area (Å²) in [4.78, 5) is 12.2. The Balaban J connectivity index is 1.81. The number of benzene rings is 2. The Morgan fingerprint density at radius 3 is 1.97 bits per heavy atom. The molecule has 360 valence electrons. The van der Waals surface area contributed by atoms with Crippen LogP contribution in [0.2, 0.25) is 0 Å². The molecule has 4 rings (SSSR count). The van der Waals surface area contributed by atoms with Gasteiger partial charge in [0.15, 0.2) is 11.1 Å². The second-order valence-corrected chi connectivity index (χ2v) is 25.8. The minimum Gasteiger partial charge on any atom is -0.481 e. The molecule has 0 spiro atoms. The lowest BCUT2D eigenvalue weighted by Gasteiger charge is -2.34. The lowest BCUT2D eigenvalue weighted by atomic mass is 9.75. The maximum Gasteiger partial charge on any atom is 0.303 e. The van der Waals surface area contributed by atoms with Gasteiger partial charge in [-0.2, -0.15) is 38.2 Å². The van der Waals surface area contributed by atoms with Crippen molar-refractivity contribution in [1.82, 2.24) is 0 Å². The molecule has 5 N–H and O–H groups in total. The number of halogens is 3. The molecule has 2 aromatic carbocycles. The van der Waals surface area contributed by atoms with Gasteiger partial charge in [0.05, 0.1) is 27.4 Å². The van der Waals surface area contributed by atoms with Gasteiger partial charge in [0, 0.05) is 52.5 Å². The molecule has 23 heteroatoms. The molecule has 16 nitrogen and oxygen atoms in total. The Morgan fingerprint density at radius 2 is 1.37 bits per heavy atom. The topological polar surface area (TPSA) is 261 Å². The van der Waals surface area contributed by atoms with Crippen LogP contribution in [0.5, 0.6) is 0 Å². The Morgan fingerprint density at radius 1 is 0.769 bits per heavy atom. The quantitative estimate of drug-likeness (QED) is 0.0164. The molecule has 0 bridgehead atoms. The van der Waals surface area contributed by atoms with Gasteiger partial charge in [-0.05, 0) is 144 Å². The number of unbranched alkanes of at least 4 members (excludes halogenated alkanes) is 3. The average Bonchev–Trinajstić information content (AvgIpc) is 3.55. The predicted octanol–water partition coefficient (Wildman–Crippen LogP) is 8.82. The van der Waals surface area contributed by atoms with Crippen molar-refractivity contribution in [3.05, 3.63) is 94.3 Å². The fourth-order valence-corrected chi connectivity index (χ4v) is 13.9. The predicted molar refractivity (Wildman–Crippen MR) is 276 cm³/mol. The van der Waals surface area contributed by atoms with E-state index < -0.39 is 79.0 Å². The zero-order valence-corrected chi connectivity index (χ0v) is 45.6. The van der Waals surface area contributed by atoms with E-state index in [1.807, 2.05) is 12.2 Å². The average molecular weight is 1320 g/mol. The zero-order chi connectivity index (χ0) is 48.8. The van der Waals surface area contributed by atoms with E-state index in [1.165, 1.54) is 17.0 Å². The van der Waals surface area contributed by atoms with Crippen LogP contribution in [0.15, 0.2) is 77.4 Å². The first-order valence-corrected chi connectivity index (χ1v) is 30.0. The van der Waals surface area contributed by atoms with Crippen LogP contribution in [0, 0.1) is 10.7 Å². The second kappa shape index (κ2) is 22.7. The minimum atomic E-state index is -4.75. The second-order valence-electron chi connectivity index (χ2n) is 16.4. The van der Waals surface area contributed by atoms with E-state index >= 15 is 0 Å². The summed E-state index contributed by atoms with van der Waals surface area (Å²) in [7, 11) is -18.0. The number of nitrogens with zero attached hydrogens (tertiary/aromatic N) is 2. The van der Waals surface area contributed by atoms with E-state index in [4.69, 9.17) is 0 Å².